The standard InChI is InChI=1S/C15H18O5/c1-10(2)14(17)18-8-13-9-19-15(3,20-13)11-4-6-12(16)7-5-11/h4-7,13,16H,1,8-9H2,2-3H3. The summed E-state index contributed by atoms with van der Waals surface area (Å²) >= 11 is 0. The molecule has 5 nitrogen and oxygen atoms in total. The normalized spacial score (nSPS) is 25.4. The SMILES string of the molecule is C=C(C)C(=O)OCC1COC(C)(c2ccc(O)cc2)O1. The number of phenols is 1. The predicted octanol–water partition coefficient (Wildman–Crippen LogP) is 2.10. The second-order valence-electron chi connectivity index (χ2n) is 4.92. The zero-order valence-electron chi connectivity index (χ0n) is 11.6. The van der Waals surface area contributed by atoms with E-state index in [0.29, 0.717) is 12.2 Å². The molecule has 5 heteroatoms. The Morgan fingerprint density at radius 1 is 1.50 bits per heavy atom. The van der Waals surface area contributed by atoms with Gasteiger partial charge in [0, 0.05) is 11.1 Å². The first-order valence-electron chi connectivity index (χ1n) is 6.34. The van der Waals surface area contributed by atoms with Crippen LogP contribution in [0.15, 0.2) is 36.4 Å². The van der Waals surface area contributed by atoms with Crippen LogP contribution in [-0.4, -0.2) is 30.4 Å². The highest BCUT2D eigenvalue weighted by molar-refractivity contribution is 5.86. The van der Waals surface area contributed by atoms with Crippen molar-refractivity contribution in [2.45, 2.75) is 25.7 Å². The summed E-state index contributed by atoms with van der Waals surface area (Å²) in [5.74, 6) is -1.15. The monoisotopic (exact) mass is 278 g/mol. The average molecular weight is 278 g/mol. The minimum Gasteiger partial charge on any atom is -0.508 e. The van der Waals surface area contributed by atoms with Gasteiger partial charge in [0.2, 0.25) is 0 Å². The van der Waals surface area contributed by atoms with E-state index in [2.05, 4.69) is 6.58 Å². The number of ether oxygens (including phenoxy) is 3. The summed E-state index contributed by atoms with van der Waals surface area (Å²) < 4.78 is 16.5. The summed E-state index contributed by atoms with van der Waals surface area (Å²) in [7, 11) is 0. The van der Waals surface area contributed by atoms with Crippen molar-refractivity contribution in [1.29, 1.82) is 0 Å². The van der Waals surface area contributed by atoms with Gasteiger partial charge in [0.05, 0.1) is 6.61 Å². The molecule has 0 bridgehead atoms. The van der Waals surface area contributed by atoms with E-state index in [-0.39, 0.29) is 18.5 Å². The van der Waals surface area contributed by atoms with Gasteiger partial charge in [-0.2, -0.15) is 0 Å². The molecule has 1 aromatic carbocycles. The van der Waals surface area contributed by atoms with Crippen molar-refractivity contribution in [3.8, 4) is 5.75 Å². The van der Waals surface area contributed by atoms with Gasteiger partial charge < -0.3 is 19.3 Å². The topological polar surface area (TPSA) is 65.0 Å². The third kappa shape index (κ3) is 3.18. The van der Waals surface area contributed by atoms with Crippen LogP contribution in [0.25, 0.3) is 0 Å². The molecule has 0 aliphatic carbocycles. The summed E-state index contributed by atoms with van der Waals surface area (Å²) in [5, 5.41) is 9.29. The van der Waals surface area contributed by atoms with Crippen LogP contribution >= 0.6 is 0 Å². The molecule has 1 aliphatic rings. The van der Waals surface area contributed by atoms with Gasteiger partial charge in [-0.1, -0.05) is 6.58 Å². The zero-order chi connectivity index (χ0) is 14.8. The van der Waals surface area contributed by atoms with Crippen LogP contribution in [0.2, 0.25) is 0 Å². The Morgan fingerprint density at radius 2 is 2.15 bits per heavy atom. The number of carbonyl (C=O) groups excluding carboxylic acids is 1. The molecule has 0 aromatic heterocycles. The van der Waals surface area contributed by atoms with Gasteiger partial charge in [-0.05, 0) is 38.1 Å². The van der Waals surface area contributed by atoms with E-state index in [1.54, 1.807) is 38.1 Å². The van der Waals surface area contributed by atoms with Crippen molar-refractivity contribution in [2.75, 3.05) is 13.2 Å². The van der Waals surface area contributed by atoms with Crippen molar-refractivity contribution in [3.05, 3.63) is 42.0 Å². The molecule has 1 N–H and O–H groups in total. The molecule has 0 amide bonds. The minimum atomic E-state index is -0.895. The Morgan fingerprint density at radius 3 is 2.75 bits per heavy atom. The fourth-order valence-corrected chi connectivity index (χ4v) is 1.93. The molecular formula is C15H18O5. The van der Waals surface area contributed by atoms with Crippen LogP contribution in [-0.2, 0) is 24.8 Å². The van der Waals surface area contributed by atoms with Crippen molar-refractivity contribution in [2.24, 2.45) is 0 Å². The van der Waals surface area contributed by atoms with E-state index in [4.69, 9.17) is 14.2 Å². The highest BCUT2D eigenvalue weighted by Gasteiger charge is 2.39. The number of hydrogen-bond donors (Lipinski definition) is 1. The Labute approximate surface area is 117 Å². The first-order chi connectivity index (χ1) is 9.40. The molecule has 1 aromatic rings. The van der Waals surface area contributed by atoms with E-state index in [0.717, 1.165) is 5.56 Å². The molecule has 2 unspecified atom stereocenters. The fourth-order valence-electron chi connectivity index (χ4n) is 1.93. The van der Waals surface area contributed by atoms with E-state index in [1.165, 1.54) is 0 Å². The van der Waals surface area contributed by atoms with Gasteiger partial charge in [0.15, 0.2) is 5.79 Å². The van der Waals surface area contributed by atoms with Crippen LogP contribution in [0, 0.1) is 0 Å². The van der Waals surface area contributed by atoms with Gasteiger partial charge in [0.25, 0.3) is 0 Å². The number of hydrogen-bond acceptors (Lipinski definition) is 5. The third-order valence-electron chi connectivity index (χ3n) is 3.08. The van der Waals surface area contributed by atoms with Gasteiger partial charge in [0.1, 0.15) is 18.5 Å². The first-order valence-corrected chi connectivity index (χ1v) is 6.34. The lowest BCUT2D eigenvalue weighted by Crippen LogP contribution is -2.26. The summed E-state index contributed by atoms with van der Waals surface area (Å²) in [6.07, 6.45) is -0.322. The highest BCUT2D eigenvalue weighted by atomic mass is 16.7. The fraction of sp³-hybridized carbons (Fsp3) is 0.400. The molecule has 108 valence electrons. The van der Waals surface area contributed by atoms with Gasteiger partial charge in [-0.15, -0.1) is 0 Å². The van der Waals surface area contributed by atoms with Crippen LogP contribution in [0.3, 0.4) is 0 Å². The number of rotatable bonds is 4. The Hall–Kier alpha value is -1.85. The van der Waals surface area contributed by atoms with E-state index in [1.807, 2.05) is 0 Å². The summed E-state index contributed by atoms with van der Waals surface area (Å²) in [5.41, 5.74) is 1.15. The Balaban J connectivity index is 1.95. The van der Waals surface area contributed by atoms with Crippen LogP contribution < -0.4 is 0 Å². The van der Waals surface area contributed by atoms with E-state index >= 15 is 0 Å². The van der Waals surface area contributed by atoms with Crippen LogP contribution in [0.5, 0.6) is 5.75 Å². The van der Waals surface area contributed by atoms with Gasteiger partial charge >= 0.3 is 5.97 Å². The predicted molar refractivity (Wildman–Crippen MR) is 72.1 cm³/mol. The largest absolute Gasteiger partial charge is 0.508 e. The van der Waals surface area contributed by atoms with Crippen LogP contribution in [0.1, 0.15) is 19.4 Å². The second kappa shape index (κ2) is 5.64. The average Bonchev–Trinajstić information content (AvgIpc) is 2.79. The lowest BCUT2D eigenvalue weighted by Gasteiger charge is -2.23. The maximum atomic E-state index is 11.3. The highest BCUT2D eigenvalue weighted by Crippen LogP contribution is 2.34. The molecule has 0 radical (unpaired) electrons. The molecule has 1 aliphatic heterocycles. The first kappa shape index (κ1) is 14.6. The number of aromatic hydroxyl groups is 1. The smallest absolute Gasteiger partial charge is 0.333 e. The van der Waals surface area contributed by atoms with E-state index in [9.17, 15) is 9.90 Å². The quantitative estimate of drug-likeness (QED) is 0.675. The summed E-state index contributed by atoms with van der Waals surface area (Å²) in [4.78, 5) is 11.3. The number of phenolic OH excluding ortho intramolecular Hbond substituents is 1. The van der Waals surface area contributed by atoms with Crippen molar-refractivity contribution >= 4 is 5.97 Å². The summed E-state index contributed by atoms with van der Waals surface area (Å²) in [6.45, 7) is 7.36. The van der Waals surface area contributed by atoms with E-state index < -0.39 is 11.8 Å². The Kier molecular flexibility index (Phi) is 4.11. The molecule has 1 heterocycles. The number of carbonyl (C=O) groups is 1. The van der Waals surface area contributed by atoms with Crippen molar-refractivity contribution in [3.63, 3.8) is 0 Å². The van der Waals surface area contributed by atoms with Gasteiger partial charge in [-0.25, -0.2) is 4.79 Å². The lowest BCUT2D eigenvalue weighted by molar-refractivity contribution is -0.170. The maximum absolute atomic E-state index is 11.3. The second-order valence-corrected chi connectivity index (χ2v) is 4.92. The van der Waals surface area contributed by atoms with Crippen molar-refractivity contribution in [1.82, 2.24) is 0 Å². The molecule has 2 rings (SSSR count). The maximum Gasteiger partial charge on any atom is 0.333 e. The van der Waals surface area contributed by atoms with Crippen LogP contribution in [0.4, 0.5) is 0 Å². The molecule has 0 spiro atoms. The van der Waals surface area contributed by atoms with Gasteiger partial charge in [-0.3, -0.25) is 0 Å². The number of esters is 1. The molecule has 2 atom stereocenters. The minimum absolute atomic E-state index is 0.124. The zero-order valence-corrected chi connectivity index (χ0v) is 11.6. The number of benzene rings is 1. The summed E-state index contributed by atoms with van der Waals surface area (Å²) in [6, 6.07) is 6.61. The molecule has 20 heavy (non-hydrogen) atoms. The van der Waals surface area contributed by atoms with Crippen molar-refractivity contribution < 1.29 is 24.1 Å². The third-order valence-corrected chi connectivity index (χ3v) is 3.08. The molecule has 1 saturated heterocycles. The molecular weight excluding hydrogens is 260 g/mol. The molecule has 1 fully saturated rings. The Bertz CT molecular complexity index is 508. The molecule has 0 saturated carbocycles. The lowest BCUT2D eigenvalue weighted by atomic mass is 10.1.